The molecule has 2 rings (SSSR count). The maximum atomic E-state index is 6.28. The second-order valence-electron chi connectivity index (χ2n) is 8.38. The number of hydrogen-bond donors (Lipinski definition) is 1. The molecular formula is C20H33NO. The van der Waals surface area contributed by atoms with E-state index in [1.54, 1.807) is 0 Å². The van der Waals surface area contributed by atoms with Gasteiger partial charge in [0.2, 0.25) is 0 Å². The lowest BCUT2D eigenvalue weighted by molar-refractivity contribution is 0.0487. The third-order valence-corrected chi connectivity index (χ3v) is 4.77. The van der Waals surface area contributed by atoms with Crippen molar-refractivity contribution in [1.29, 1.82) is 0 Å². The molecule has 2 heteroatoms. The molecule has 1 aromatic carbocycles. The van der Waals surface area contributed by atoms with Gasteiger partial charge in [0.25, 0.3) is 0 Å². The zero-order chi connectivity index (χ0) is 16.2. The van der Waals surface area contributed by atoms with Crippen LogP contribution in [0.5, 0.6) is 5.75 Å². The molecule has 0 bridgehead atoms. The summed E-state index contributed by atoms with van der Waals surface area (Å²) in [6, 6.07) is 8.65. The van der Waals surface area contributed by atoms with E-state index in [1.165, 1.54) is 37.7 Å². The Hall–Kier alpha value is -1.02. The molecule has 0 radical (unpaired) electrons. The van der Waals surface area contributed by atoms with E-state index in [9.17, 15) is 0 Å². The van der Waals surface area contributed by atoms with Crippen molar-refractivity contribution in [2.75, 3.05) is 6.54 Å². The van der Waals surface area contributed by atoms with Crippen LogP contribution in [0, 0.1) is 5.41 Å². The van der Waals surface area contributed by atoms with Gasteiger partial charge in [0.15, 0.2) is 0 Å². The number of nitrogens with two attached hydrogens (primary N) is 1. The second kappa shape index (κ2) is 7.04. The Morgan fingerprint density at radius 2 is 1.68 bits per heavy atom. The lowest BCUT2D eigenvalue weighted by atomic mass is 9.81. The first kappa shape index (κ1) is 17.3. The van der Waals surface area contributed by atoms with Crippen molar-refractivity contribution in [3.63, 3.8) is 0 Å². The maximum absolute atomic E-state index is 6.28. The molecule has 0 saturated heterocycles. The van der Waals surface area contributed by atoms with Gasteiger partial charge in [-0.25, -0.2) is 0 Å². The largest absolute Gasteiger partial charge is 0.488 e. The van der Waals surface area contributed by atoms with Gasteiger partial charge < -0.3 is 10.5 Å². The lowest BCUT2D eigenvalue weighted by Gasteiger charge is -2.34. The Morgan fingerprint density at radius 1 is 1.09 bits per heavy atom. The third kappa shape index (κ3) is 5.01. The van der Waals surface area contributed by atoms with Crippen molar-refractivity contribution in [1.82, 2.24) is 0 Å². The molecule has 0 amide bonds. The van der Waals surface area contributed by atoms with Gasteiger partial charge in [-0.05, 0) is 74.6 Å². The molecule has 1 fully saturated rings. The first-order valence-corrected chi connectivity index (χ1v) is 8.80. The second-order valence-corrected chi connectivity index (χ2v) is 8.38. The summed E-state index contributed by atoms with van der Waals surface area (Å²) in [6.45, 7) is 9.78. The van der Waals surface area contributed by atoms with Gasteiger partial charge in [-0.3, -0.25) is 0 Å². The van der Waals surface area contributed by atoms with E-state index in [4.69, 9.17) is 10.5 Å². The van der Waals surface area contributed by atoms with Gasteiger partial charge in [-0.2, -0.15) is 0 Å². The topological polar surface area (TPSA) is 35.2 Å². The molecule has 1 aliphatic carbocycles. The molecule has 0 spiro atoms. The normalized spacial score (nSPS) is 19.7. The first-order valence-electron chi connectivity index (χ1n) is 8.80. The summed E-state index contributed by atoms with van der Waals surface area (Å²) in [5.74, 6) is 1.43. The predicted molar refractivity (Wildman–Crippen MR) is 94.4 cm³/mol. The molecule has 2 nitrogen and oxygen atoms in total. The van der Waals surface area contributed by atoms with Crippen LogP contribution in [0.2, 0.25) is 0 Å². The molecule has 1 aliphatic rings. The molecule has 2 N–H and O–H groups in total. The Balaban J connectivity index is 2.02. The summed E-state index contributed by atoms with van der Waals surface area (Å²) in [6.07, 6.45) is 7.38. The summed E-state index contributed by atoms with van der Waals surface area (Å²) in [4.78, 5) is 0. The highest BCUT2D eigenvalue weighted by Gasteiger charge is 2.28. The fourth-order valence-electron chi connectivity index (χ4n) is 3.57. The van der Waals surface area contributed by atoms with Crippen LogP contribution >= 0.6 is 0 Å². The van der Waals surface area contributed by atoms with Crippen molar-refractivity contribution >= 4 is 0 Å². The van der Waals surface area contributed by atoms with Crippen molar-refractivity contribution in [3.05, 3.63) is 29.8 Å². The lowest BCUT2D eigenvalue weighted by Crippen LogP contribution is -2.34. The number of benzene rings is 1. The van der Waals surface area contributed by atoms with Crippen molar-refractivity contribution < 1.29 is 4.74 Å². The van der Waals surface area contributed by atoms with E-state index in [0.29, 0.717) is 17.9 Å². The molecule has 0 heterocycles. The van der Waals surface area contributed by atoms with Gasteiger partial charge in [0.1, 0.15) is 11.4 Å². The summed E-state index contributed by atoms with van der Waals surface area (Å²) >= 11 is 0. The quantitative estimate of drug-likeness (QED) is 0.804. The van der Waals surface area contributed by atoms with Crippen LogP contribution in [-0.2, 0) is 0 Å². The Kier molecular flexibility index (Phi) is 5.55. The van der Waals surface area contributed by atoms with E-state index in [2.05, 4.69) is 52.0 Å². The highest BCUT2D eigenvalue weighted by molar-refractivity contribution is 5.30. The van der Waals surface area contributed by atoms with Crippen molar-refractivity contribution in [2.45, 2.75) is 77.7 Å². The van der Waals surface area contributed by atoms with Gasteiger partial charge in [-0.1, -0.05) is 39.3 Å². The fourth-order valence-corrected chi connectivity index (χ4v) is 3.57. The Morgan fingerprint density at radius 3 is 2.18 bits per heavy atom. The van der Waals surface area contributed by atoms with E-state index < -0.39 is 0 Å². The van der Waals surface area contributed by atoms with Gasteiger partial charge in [-0.15, -0.1) is 0 Å². The number of rotatable bonds is 5. The maximum Gasteiger partial charge on any atom is 0.120 e. The Labute approximate surface area is 136 Å². The molecule has 0 aliphatic heterocycles. The van der Waals surface area contributed by atoms with Crippen molar-refractivity contribution in [3.8, 4) is 5.75 Å². The van der Waals surface area contributed by atoms with Gasteiger partial charge in [0, 0.05) is 0 Å². The minimum absolute atomic E-state index is 0.0262. The van der Waals surface area contributed by atoms with E-state index in [-0.39, 0.29) is 5.60 Å². The predicted octanol–water partition coefficient (Wildman–Crippen LogP) is 5.27. The summed E-state index contributed by atoms with van der Waals surface area (Å²) in [5, 5.41) is 0. The number of hydrogen-bond acceptors (Lipinski definition) is 2. The van der Waals surface area contributed by atoms with Crippen LogP contribution in [0.1, 0.15) is 77.7 Å². The van der Waals surface area contributed by atoms with Crippen LogP contribution in [-0.4, -0.2) is 12.1 Å². The molecule has 1 aromatic rings. The average Bonchev–Trinajstić information content (AvgIpc) is 2.45. The first-order chi connectivity index (χ1) is 10.3. The highest BCUT2D eigenvalue weighted by atomic mass is 16.5. The van der Waals surface area contributed by atoms with Crippen LogP contribution < -0.4 is 10.5 Å². The summed E-state index contributed by atoms with van der Waals surface area (Å²) in [5.41, 5.74) is 7.65. The molecular weight excluding hydrogens is 270 g/mol. The molecule has 1 saturated carbocycles. The molecule has 124 valence electrons. The van der Waals surface area contributed by atoms with Gasteiger partial charge >= 0.3 is 0 Å². The monoisotopic (exact) mass is 303 g/mol. The van der Waals surface area contributed by atoms with Crippen molar-refractivity contribution in [2.24, 2.45) is 11.1 Å². The van der Waals surface area contributed by atoms with Crippen LogP contribution in [0.15, 0.2) is 24.3 Å². The van der Waals surface area contributed by atoms with E-state index >= 15 is 0 Å². The zero-order valence-corrected chi connectivity index (χ0v) is 14.8. The summed E-state index contributed by atoms with van der Waals surface area (Å²) < 4.78 is 6.28. The van der Waals surface area contributed by atoms with E-state index in [1.807, 2.05) is 0 Å². The minimum atomic E-state index is 0.0262. The minimum Gasteiger partial charge on any atom is -0.488 e. The van der Waals surface area contributed by atoms with E-state index in [0.717, 1.165) is 12.2 Å². The fraction of sp³-hybridized carbons (Fsp3) is 0.700. The molecule has 1 atom stereocenters. The zero-order valence-electron chi connectivity index (χ0n) is 14.8. The van der Waals surface area contributed by atoms with Crippen LogP contribution in [0.3, 0.4) is 0 Å². The Bertz CT molecular complexity index is 452. The smallest absolute Gasteiger partial charge is 0.120 e. The molecule has 1 unspecified atom stereocenters. The van der Waals surface area contributed by atoms with Crippen LogP contribution in [0.4, 0.5) is 0 Å². The standard InChI is InChI=1S/C20H33NO/c1-19(2,3)14-17(15-21)16-8-10-18(11-9-16)22-20(4)12-6-5-7-13-20/h8-11,17H,5-7,12-15,21H2,1-4H3. The summed E-state index contributed by atoms with van der Waals surface area (Å²) in [7, 11) is 0. The van der Waals surface area contributed by atoms with Crippen LogP contribution in [0.25, 0.3) is 0 Å². The number of ether oxygens (including phenoxy) is 1. The average molecular weight is 303 g/mol. The highest BCUT2D eigenvalue weighted by Crippen LogP contribution is 2.34. The third-order valence-electron chi connectivity index (χ3n) is 4.77. The van der Waals surface area contributed by atoms with Gasteiger partial charge in [0.05, 0.1) is 0 Å². The molecule has 22 heavy (non-hydrogen) atoms. The molecule has 0 aromatic heterocycles. The SMILES string of the molecule is CC(C)(C)CC(CN)c1ccc(OC2(C)CCCCC2)cc1.